The van der Waals surface area contributed by atoms with E-state index in [1.165, 1.54) is 17.5 Å². The molecule has 2 aromatic heterocycles. The Morgan fingerprint density at radius 3 is 2.59 bits per heavy atom. The first-order valence-corrected chi connectivity index (χ1v) is 7.78. The fourth-order valence-corrected chi connectivity index (χ4v) is 3.32. The van der Waals surface area contributed by atoms with Gasteiger partial charge in [0.2, 0.25) is 0 Å². The van der Waals surface area contributed by atoms with Gasteiger partial charge in [0.05, 0.1) is 23.5 Å². The highest BCUT2D eigenvalue weighted by molar-refractivity contribution is 7.20. The van der Waals surface area contributed by atoms with Crippen molar-refractivity contribution >= 4 is 39.9 Å². The van der Waals surface area contributed by atoms with Crippen LogP contribution in [0, 0.1) is 0 Å². The molecule has 3 N–H and O–H groups in total. The molecule has 0 aliphatic rings. The number of hydrogen-bond acceptors (Lipinski definition) is 6. The summed E-state index contributed by atoms with van der Waals surface area (Å²) in [7, 11) is 0. The van der Waals surface area contributed by atoms with E-state index in [1.807, 2.05) is 30.3 Å². The van der Waals surface area contributed by atoms with E-state index in [0.717, 1.165) is 22.2 Å². The number of hydrogen-bond donors (Lipinski definition) is 2. The third-order valence-electron chi connectivity index (χ3n) is 2.88. The van der Waals surface area contributed by atoms with Crippen molar-refractivity contribution in [3.05, 3.63) is 53.9 Å². The Hall–Kier alpha value is -2.58. The van der Waals surface area contributed by atoms with Gasteiger partial charge in [-0.25, -0.2) is 0 Å². The molecule has 0 spiro atoms. The van der Waals surface area contributed by atoms with E-state index in [9.17, 15) is 9.59 Å². The number of carbonyl (C=O) groups excluding carboxylic acids is 2. The van der Waals surface area contributed by atoms with E-state index in [-0.39, 0.29) is 11.3 Å². The molecule has 0 radical (unpaired) electrons. The standard InChI is InChI=1S/C14H10N4O2S2/c15-12(19)9-6-11(8-4-2-1-3-5-8)21-14(9)17-13(20)10-7-16-22-18-10/h1-7H,(H2,15,19)(H,17,20). The van der Waals surface area contributed by atoms with Gasteiger partial charge in [-0.3, -0.25) is 9.59 Å². The minimum atomic E-state index is -0.592. The summed E-state index contributed by atoms with van der Waals surface area (Å²) >= 11 is 2.23. The second-order valence-electron chi connectivity index (χ2n) is 4.33. The Morgan fingerprint density at radius 1 is 1.18 bits per heavy atom. The normalized spacial score (nSPS) is 10.4. The van der Waals surface area contributed by atoms with Gasteiger partial charge in [0.25, 0.3) is 11.8 Å². The molecule has 0 saturated carbocycles. The summed E-state index contributed by atoms with van der Waals surface area (Å²) in [5.41, 5.74) is 6.82. The van der Waals surface area contributed by atoms with Gasteiger partial charge in [-0.15, -0.1) is 11.3 Å². The molecule has 0 saturated heterocycles. The Bertz CT molecular complexity index is 813. The van der Waals surface area contributed by atoms with Crippen molar-refractivity contribution in [1.29, 1.82) is 0 Å². The number of nitrogens with zero attached hydrogens (tertiary/aromatic N) is 2. The Labute approximate surface area is 133 Å². The highest BCUT2D eigenvalue weighted by atomic mass is 32.1. The Kier molecular flexibility index (Phi) is 3.94. The number of anilines is 1. The highest BCUT2D eigenvalue weighted by Crippen LogP contribution is 2.35. The summed E-state index contributed by atoms with van der Waals surface area (Å²) in [4.78, 5) is 24.5. The molecule has 0 unspecified atom stereocenters. The smallest absolute Gasteiger partial charge is 0.277 e. The molecule has 0 aliphatic carbocycles. The first kappa shape index (κ1) is 14.4. The van der Waals surface area contributed by atoms with Crippen LogP contribution in [0.5, 0.6) is 0 Å². The maximum Gasteiger partial charge on any atom is 0.277 e. The van der Waals surface area contributed by atoms with Crippen LogP contribution in [0.3, 0.4) is 0 Å². The molecule has 2 heterocycles. The minimum absolute atomic E-state index is 0.204. The van der Waals surface area contributed by atoms with Crippen LogP contribution < -0.4 is 11.1 Å². The van der Waals surface area contributed by atoms with E-state index in [4.69, 9.17) is 5.73 Å². The topological polar surface area (TPSA) is 98.0 Å². The first-order valence-electron chi connectivity index (χ1n) is 6.23. The van der Waals surface area contributed by atoms with Crippen LogP contribution in [-0.2, 0) is 0 Å². The van der Waals surface area contributed by atoms with Gasteiger partial charge in [-0.2, -0.15) is 8.75 Å². The Morgan fingerprint density at radius 2 is 1.95 bits per heavy atom. The van der Waals surface area contributed by atoms with Gasteiger partial charge in [-0.1, -0.05) is 30.3 Å². The number of carbonyl (C=O) groups is 2. The van der Waals surface area contributed by atoms with Crippen molar-refractivity contribution in [3.63, 3.8) is 0 Å². The lowest BCUT2D eigenvalue weighted by atomic mass is 10.1. The Balaban J connectivity index is 1.95. The van der Waals surface area contributed by atoms with Crippen LogP contribution >= 0.6 is 23.1 Å². The molecule has 0 bridgehead atoms. The predicted octanol–water partition coefficient (Wildman–Crippen LogP) is 2.62. The van der Waals surface area contributed by atoms with Crippen LogP contribution in [-0.4, -0.2) is 20.6 Å². The number of aromatic nitrogens is 2. The molecule has 3 rings (SSSR count). The molecule has 2 amide bonds. The van der Waals surface area contributed by atoms with Crippen LogP contribution in [0.4, 0.5) is 5.00 Å². The zero-order valence-electron chi connectivity index (χ0n) is 11.1. The zero-order valence-corrected chi connectivity index (χ0v) is 12.8. The third kappa shape index (κ3) is 2.87. The van der Waals surface area contributed by atoms with Crippen molar-refractivity contribution < 1.29 is 9.59 Å². The second-order valence-corrected chi connectivity index (χ2v) is 5.94. The quantitative estimate of drug-likeness (QED) is 0.768. The molecule has 0 fully saturated rings. The van der Waals surface area contributed by atoms with Crippen molar-refractivity contribution in [2.45, 2.75) is 0 Å². The molecule has 3 aromatic rings. The summed E-state index contributed by atoms with van der Waals surface area (Å²) in [6, 6.07) is 11.2. The van der Waals surface area contributed by atoms with E-state index >= 15 is 0 Å². The first-order chi connectivity index (χ1) is 10.6. The number of thiophene rings is 1. The van der Waals surface area contributed by atoms with Crippen molar-refractivity contribution in [1.82, 2.24) is 8.75 Å². The molecule has 0 atom stereocenters. The van der Waals surface area contributed by atoms with Crippen LogP contribution in [0.15, 0.2) is 42.6 Å². The van der Waals surface area contributed by atoms with E-state index in [1.54, 1.807) is 6.07 Å². The van der Waals surface area contributed by atoms with Gasteiger partial charge in [-0.05, 0) is 11.6 Å². The number of benzene rings is 1. The minimum Gasteiger partial charge on any atom is -0.366 e. The number of nitrogens with two attached hydrogens (primary N) is 1. The molecule has 110 valence electrons. The van der Waals surface area contributed by atoms with Crippen molar-refractivity contribution in [3.8, 4) is 10.4 Å². The molecule has 22 heavy (non-hydrogen) atoms. The van der Waals surface area contributed by atoms with E-state index in [0.29, 0.717) is 5.00 Å². The highest BCUT2D eigenvalue weighted by Gasteiger charge is 2.18. The average molecular weight is 330 g/mol. The summed E-state index contributed by atoms with van der Waals surface area (Å²) in [5, 5.41) is 3.07. The van der Waals surface area contributed by atoms with Crippen molar-refractivity contribution in [2.75, 3.05) is 5.32 Å². The second kappa shape index (κ2) is 6.04. The number of amides is 2. The van der Waals surface area contributed by atoms with Crippen LogP contribution in [0.2, 0.25) is 0 Å². The number of nitrogens with one attached hydrogen (secondary N) is 1. The summed E-state index contributed by atoms with van der Waals surface area (Å²) < 4.78 is 7.64. The van der Waals surface area contributed by atoms with Gasteiger partial charge in [0.15, 0.2) is 5.69 Å². The van der Waals surface area contributed by atoms with E-state index in [2.05, 4.69) is 14.1 Å². The van der Waals surface area contributed by atoms with Gasteiger partial charge in [0, 0.05) is 4.88 Å². The number of primary amides is 1. The zero-order chi connectivity index (χ0) is 15.5. The molecular weight excluding hydrogens is 320 g/mol. The average Bonchev–Trinajstić information content (AvgIpc) is 3.17. The lowest BCUT2D eigenvalue weighted by Crippen LogP contribution is -2.16. The maximum absolute atomic E-state index is 12.0. The molecule has 8 heteroatoms. The molecule has 0 aliphatic heterocycles. The fraction of sp³-hybridized carbons (Fsp3) is 0. The largest absolute Gasteiger partial charge is 0.366 e. The van der Waals surface area contributed by atoms with Crippen LogP contribution in [0.1, 0.15) is 20.8 Å². The summed E-state index contributed by atoms with van der Waals surface area (Å²) in [5.74, 6) is -1.01. The molecule has 1 aromatic carbocycles. The monoisotopic (exact) mass is 330 g/mol. The molecule has 6 nitrogen and oxygen atoms in total. The van der Waals surface area contributed by atoms with Gasteiger partial charge < -0.3 is 11.1 Å². The van der Waals surface area contributed by atoms with Gasteiger partial charge in [0.1, 0.15) is 5.00 Å². The summed E-state index contributed by atoms with van der Waals surface area (Å²) in [6.07, 6.45) is 1.37. The van der Waals surface area contributed by atoms with Gasteiger partial charge >= 0.3 is 0 Å². The fourth-order valence-electron chi connectivity index (χ4n) is 1.84. The van der Waals surface area contributed by atoms with E-state index < -0.39 is 11.8 Å². The maximum atomic E-state index is 12.0. The van der Waals surface area contributed by atoms with Crippen molar-refractivity contribution in [2.24, 2.45) is 5.73 Å². The predicted molar refractivity (Wildman–Crippen MR) is 86.1 cm³/mol. The third-order valence-corrected chi connectivity index (χ3v) is 4.45. The number of rotatable bonds is 4. The lowest BCUT2D eigenvalue weighted by molar-refractivity contribution is 0.100. The molecular formula is C14H10N4O2S2. The van der Waals surface area contributed by atoms with Crippen LogP contribution in [0.25, 0.3) is 10.4 Å². The lowest BCUT2D eigenvalue weighted by Gasteiger charge is -2.01. The SMILES string of the molecule is NC(=O)c1cc(-c2ccccc2)sc1NC(=O)c1cnsn1. The summed E-state index contributed by atoms with van der Waals surface area (Å²) in [6.45, 7) is 0.